The predicted molar refractivity (Wildman–Crippen MR) is 175 cm³/mol. The largest absolute Gasteiger partial charge is 0.456 e. The van der Waals surface area contributed by atoms with Gasteiger partial charge in [0.2, 0.25) is 0 Å². The van der Waals surface area contributed by atoms with E-state index < -0.39 is 24.2 Å². The molecule has 0 radical (unpaired) electrons. The quantitative estimate of drug-likeness (QED) is 0.207. The molecule has 0 unspecified atom stereocenters. The molecular weight excluding hydrogens is 512 g/mol. The Morgan fingerprint density at radius 3 is 1.62 bits per heavy atom. The van der Waals surface area contributed by atoms with Gasteiger partial charge in [-0.05, 0) is 63.0 Å². The molecule has 0 aliphatic carbocycles. The van der Waals surface area contributed by atoms with Gasteiger partial charge in [0.15, 0.2) is 0 Å². The van der Waals surface area contributed by atoms with Crippen LogP contribution in [-0.2, 0) is 0 Å². The van der Waals surface area contributed by atoms with Crippen molar-refractivity contribution in [3.63, 3.8) is 0 Å². The van der Waals surface area contributed by atoms with Crippen molar-refractivity contribution in [2.75, 3.05) is 0 Å². The topological polar surface area (TPSA) is 26.3 Å². The van der Waals surface area contributed by atoms with Gasteiger partial charge in [-0.3, -0.25) is 0 Å². The van der Waals surface area contributed by atoms with Crippen LogP contribution in [0.1, 0.15) is 11.0 Å². The van der Waals surface area contributed by atoms with Crippen molar-refractivity contribution in [2.24, 2.45) is 0 Å². The Morgan fingerprint density at radius 2 is 0.929 bits per heavy atom. The molecule has 0 fully saturated rings. The molecule has 0 amide bonds. The molecule has 0 aliphatic rings. The summed E-state index contributed by atoms with van der Waals surface area (Å²) in [6.07, 6.45) is 0. The van der Waals surface area contributed by atoms with Crippen LogP contribution in [0.2, 0.25) is 0 Å². The van der Waals surface area contributed by atoms with Gasteiger partial charge in [0, 0.05) is 32.8 Å². The monoisotopic (exact) mass is 544 g/mol. The second-order valence-corrected chi connectivity index (χ2v) is 10.2. The van der Waals surface area contributed by atoms with E-state index in [0.29, 0.717) is 44.6 Å². The minimum absolute atomic E-state index is 0.134. The molecule has 2 nitrogen and oxygen atoms in total. The van der Waals surface area contributed by atoms with Crippen molar-refractivity contribution in [2.45, 2.75) is 0 Å². The summed E-state index contributed by atoms with van der Waals surface area (Å²) in [6.45, 7) is 0. The van der Waals surface area contributed by atoms with Crippen molar-refractivity contribution in [3.8, 4) is 33.6 Å². The molecule has 2 heteroatoms. The first-order chi connectivity index (χ1) is 24.2. The van der Waals surface area contributed by atoms with Gasteiger partial charge in [0.1, 0.15) is 22.5 Å². The molecule has 0 aliphatic heterocycles. The third-order valence-corrected chi connectivity index (χ3v) is 7.92. The first-order valence-corrected chi connectivity index (χ1v) is 13.6. The summed E-state index contributed by atoms with van der Waals surface area (Å²) in [6, 6.07) is 26.6. The molecule has 0 bridgehead atoms. The van der Waals surface area contributed by atoms with Gasteiger partial charge < -0.3 is 8.83 Å². The summed E-state index contributed by atoms with van der Waals surface area (Å²) in [7, 11) is 0. The molecule has 42 heavy (non-hydrogen) atoms. The van der Waals surface area contributed by atoms with E-state index in [1.807, 2.05) is 72.8 Å². The van der Waals surface area contributed by atoms with Crippen LogP contribution in [0.3, 0.4) is 0 Å². The van der Waals surface area contributed by atoms with Crippen molar-refractivity contribution < 1.29 is 19.8 Å². The average Bonchev–Trinajstić information content (AvgIpc) is 3.72. The smallest absolute Gasteiger partial charge is 0.143 e. The highest BCUT2D eigenvalue weighted by Gasteiger charge is 2.24. The van der Waals surface area contributed by atoms with Crippen molar-refractivity contribution >= 4 is 54.5 Å². The van der Waals surface area contributed by atoms with Crippen LogP contribution in [0.4, 0.5) is 0 Å². The molecule has 2 heterocycles. The summed E-state index contributed by atoms with van der Waals surface area (Å²) >= 11 is 0. The van der Waals surface area contributed by atoms with E-state index in [9.17, 15) is 5.48 Å². The SMILES string of the molecule is [2H]c1c([2H])c([2H])c2c(-c3c(-c4ccc5oc6ccccc6c5c4)oc4ccccc34)c3c([2H])c([2H])c([2H])c([2H])c3c(-c3ccccc3)c2c1[2H]. The first kappa shape index (κ1) is 16.6. The van der Waals surface area contributed by atoms with E-state index >= 15 is 0 Å². The molecule has 0 saturated heterocycles. The highest BCUT2D eigenvalue weighted by atomic mass is 16.3. The Balaban J connectivity index is 1.56. The van der Waals surface area contributed by atoms with Crippen molar-refractivity contribution in [1.82, 2.24) is 0 Å². The Hall–Kier alpha value is -5.60. The summed E-state index contributed by atoms with van der Waals surface area (Å²) in [5.41, 5.74) is 4.12. The molecule has 9 aromatic rings. The lowest BCUT2D eigenvalue weighted by atomic mass is 9.84. The second kappa shape index (κ2) is 8.95. The maximum Gasteiger partial charge on any atom is 0.143 e. The van der Waals surface area contributed by atoms with Crippen LogP contribution in [0.15, 0.2) is 154 Å². The van der Waals surface area contributed by atoms with Gasteiger partial charge in [-0.2, -0.15) is 0 Å². The Bertz CT molecular complexity index is 2830. The minimum Gasteiger partial charge on any atom is -0.456 e. The molecule has 0 atom stereocenters. The van der Waals surface area contributed by atoms with Crippen LogP contribution in [0.25, 0.3) is 88.0 Å². The summed E-state index contributed by atoms with van der Waals surface area (Å²) in [5, 5.41) is 2.96. The maximum atomic E-state index is 9.36. The number of rotatable bonds is 3. The van der Waals surface area contributed by atoms with Crippen molar-refractivity contribution in [1.29, 1.82) is 0 Å². The molecule has 0 saturated carbocycles. The standard InChI is InChI=1S/C40H24O2/c1-2-12-25(13-3-1)37-28-15-4-6-17-30(28)38(31-18-7-5-16-29(31)37)39-32-19-9-11-21-35(32)42-40(39)26-22-23-36-33(24-26)27-14-8-10-20-34(27)41-36/h1-24H/i4D,5D,6D,7D,15D,16D,17D,18D. The lowest BCUT2D eigenvalue weighted by Gasteiger charge is -2.18. The second-order valence-electron chi connectivity index (χ2n) is 10.2. The van der Waals surface area contributed by atoms with E-state index in [2.05, 4.69) is 0 Å². The lowest BCUT2D eigenvalue weighted by molar-refractivity contribution is 0.632. The molecule has 2 aromatic heterocycles. The number of fused-ring (bicyclic) bond motifs is 6. The van der Waals surface area contributed by atoms with E-state index in [1.54, 1.807) is 24.3 Å². The van der Waals surface area contributed by atoms with Crippen LogP contribution in [-0.4, -0.2) is 0 Å². The number of hydrogen-bond donors (Lipinski definition) is 0. The van der Waals surface area contributed by atoms with E-state index in [0.717, 1.165) is 16.4 Å². The van der Waals surface area contributed by atoms with Gasteiger partial charge in [-0.15, -0.1) is 0 Å². The molecule has 0 N–H and O–H groups in total. The minimum atomic E-state index is -0.455. The van der Waals surface area contributed by atoms with Gasteiger partial charge in [0.05, 0.1) is 11.0 Å². The van der Waals surface area contributed by atoms with Gasteiger partial charge in [-0.25, -0.2) is 0 Å². The molecular formula is C40H24O2. The Labute approximate surface area is 253 Å². The zero-order valence-corrected chi connectivity index (χ0v) is 22.1. The number of furan rings is 2. The van der Waals surface area contributed by atoms with E-state index in [1.165, 1.54) is 0 Å². The number of hydrogen-bond acceptors (Lipinski definition) is 2. The third kappa shape index (κ3) is 3.33. The average molecular weight is 545 g/mol. The Morgan fingerprint density at radius 1 is 0.381 bits per heavy atom. The third-order valence-electron chi connectivity index (χ3n) is 7.92. The van der Waals surface area contributed by atoms with Crippen LogP contribution >= 0.6 is 0 Å². The lowest BCUT2D eigenvalue weighted by Crippen LogP contribution is -1.91. The van der Waals surface area contributed by atoms with Gasteiger partial charge in [-0.1, -0.05) is 115 Å². The molecule has 0 spiro atoms. The summed E-state index contributed by atoms with van der Waals surface area (Å²) in [5.74, 6) is 0.383. The van der Waals surface area contributed by atoms with E-state index in [4.69, 9.17) is 14.3 Å². The van der Waals surface area contributed by atoms with Crippen molar-refractivity contribution in [3.05, 3.63) is 145 Å². The highest BCUT2D eigenvalue weighted by molar-refractivity contribution is 6.25. The van der Waals surface area contributed by atoms with Gasteiger partial charge >= 0.3 is 0 Å². The fraction of sp³-hybridized carbons (Fsp3) is 0. The van der Waals surface area contributed by atoms with Crippen LogP contribution < -0.4 is 0 Å². The van der Waals surface area contributed by atoms with Crippen LogP contribution in [0.5, 0.6) is 0 Å². The number of benzene rings is 7. The highest BCUT2D eigenvalue weighted by Crippen LogP contribution is 2.49. The zero-order valence-electron chi connectivity index (χ0n) is 30.1. The van der Waals surface area contributed by atoms with E-state index in [-0.39, 0.29) is 51.3 Å². The molecule has 9 rings (SSSR count). The number of para-hydroxylation sites is 2. The predicted octanol–water partition coefficient (Wildman–Crippen LogP) is 11.6. The summed E-state index contributed by atoms with van der Waals surface area (Å²) < 4.78 is 84.9. The Kier molecular flexibility index (Phi) is 3.54. The summed E-state index contributed by atoms with van der Waals surface area (Å²) in [4.78, 5) is 0. The van der Waals surface area contributed by atoms with Gasteiger partial charge in [0.25, 0.3) is 0 Å². The fourth-order valence-corrected chi connectivity index (χ4v) is 6.13. The van der Waals surface area contributed by atoms with Crippen LogP contribution in [0, 0.1) is 0 Å². The normalized spacial score (nSPS) is 14.5. The fourth-order valence-electron chi connectivity index (χ4n) is 6.13. The first-order valence-electron chi connectivity index (χ1n) is 17.6. The molecule has 7 aromatic carbocycles. The zero-order chi connectivity index (χ0) is 34.6. The molecule has 196 valence electrons. The maximum absolute atomic E-state index is 9.36.